The smallest absolute Gasteiger partial charge is 0.261 e. The van der Waals surface area contributed by atoms with Crippen molar-refractivity contribution in [1.29, 1.82) is 0 Å². The lowest BCUT2D eigenvalue weighted by atomic mass is 9.98. The molecule has 0 bridgehead atoms. The van der Waals surface area contributed by atoms with Crippen LogP contribution in [0, 0.1) is 6.92 Å². The second-order valence-electron chi connectivity index (χ2n) is 8.13. The molecule has 0 saturated heterocycles. The highest BCUT2D eigenvalue weighted by Crippen LogP contribution is 2.28. The molecule has 0 fully saturated rings. The Labute approximate surface area is 194 Å². The summed E-state index contributed by atoms with van der Waals surface area (Å²) in [6.07, 6.45) is 1.35. The van der Waals surface area contributed by atoms with E-state index in [1.54, 1.807) is 6.92 Å². The molecule has 1 aliphatic heterocycles. The number of H-pyrrole nitrogens is 1. The maximum absolute atomic E-state index is 13.0. The van der Waals surface area contributed by atoms with E-state index >= 15 is 0 Å². The number of fused-ring (bicyclic) bond motifs is 2. The summed E-state index contributed by atoms with van der Waals surface area (Å²) in [5.41, 5.74) is 3.20. The molecule has 1 aliphatic rings. The van der Waals surface area contributed by atoms with Crippen molar-refractivity contribution < 1.29 is 9.59 Å². The summed E-state index contributed by atoms with van der Waals surface area (Å²) in [4.78, 5) is 47.7. The Morgan fingerprint density at radius 1 is 1.15 bits per heavy atom. The largest absolute Gasteiger partial charge is 0.351 e. The fourth-order valence-electron chi connectivity index (χ4n) is 4.33. The Morgan fingerprint density at radius 2 is 1.91 bits per heavy atom. The van der Waals surface area contributed by atoms with Gasteiger partial charge in [-0.25, -0.2) is 4.98 Å². The first-order valence-electron chi connectivity index (χ1n) is 10.7. The number of carbonyl (C=O) groups is 2. The molecule has 3 heterocycles. The number of aromatic amines is 1. The summed E-state index contributed by atoms with van der Waals surface area (Å²) in [7, 11) is 0. The Hall–Kier alpha value is -3.78. The lowest BCUT2D eigenvalue weighted by Gasteiger charge is -2.24. The molecule has 4 aromatic rings. The van der Waals surface area contributed by atoms with Crippen LogP contribution >= 0.6 is 11.3 Å². The minimum absolute atomic E-state index is 0.0171. The molecular formula is C25H22N4O3S. The van der Waals surface area contributed by atoms with Crippen LogP contribution in [-0.2, 0) is 6.54 Å². The zero-order valence-electron chi connectivity index (χ0n) is 18.0. The van der Waals surface area contributed by atoms with Gasteiger partial charge in [-0.15, -0.1) is 11.3 Å². The van der Waals surface area contributed by atoms with Gasteiger partial charge < -0.3 is 15.2 Å². The molecule has 1 atom stereocenters. The number of benzene rings is 2. The predicted octanol–water partition coefficient (Wildman–Crippen LogP) is 3.46. The molecule has 1 unspecified atom stereocenters. The molecule has 2 aromatic heterocycles. The molecule has 7 nitrogen and oxygen atoms in total. The topological polar surface area (TPSA) is 95.2 Å². The van der Waals surface area contributed by atoms with Gasteiger partial charge in [0.1, 0.15) is 4.83 Å². The maximum Gasteiger partial charge on any atom is 0.261 e. The van der Waals surface area contributed by atoms with Crippen molar-refractivity contribution in [3.8, 4) is 0 Å². The van der Waals surface area contributed by atoms with Crippen LogP contribution in [-0.4, -0.2) is 39.8 Å². The summed E-state index contributed by atoms with van der Waals surface area (Å²) in [5, 5.41) is 3.47. The van der Waals surface area contributed by atoms with Crippen LogP contribution in [0.4, 0.5) is 0 Å². The van der Waals surface area contributed by atoms with E-state index < -0.39 is 0 Å². The number of thiophene rings is 1. The zero-order valence-corrected chi connectivity index (χ0v) is 18.8. The van der Waals surface area contributed by atoms with E-state index in [2.05, 4.69) is 15.3 Å². The highest BCUT2D eigenvalue weighted by Gasteiger charge is 2.29. The highest BCUT2D eigenvalue weighted by atomic mass is 32.1. The summed E-state index contributed by atoms with van der Waals surface area (Å²) in [6, 6.07) is 17.5. The number of amides is 2. The number of aromatic nitrogens is 2. The SMILES string of the molecule is Cc1c(C(=O)NCC(CN2Cc3ccccc3C2=O)c2ccccc2)sc2nc[nH]c(=O)c12. The number of nitrogens with one attached hydrogen (secondary N) is 2. The van der Waals surface area contributed by atoms with Crippen LogP contribution in [0.1, 0.15) is 42.6 Å². The molecule has 8 heteroatoms. The van der Waals surface area contributed by atoms with E-state index in [0.717, 1.165) is 16.7 Å². The van der Waals surface area contributed by atoms with Crippen molar-refractivity contribution in [2.75, 3.05) is 13.1 Å². The monoisotopic (exact) mass is 458 g/mol. The van der Waals surface area contributed by atoms with Crippen LogP contribution in [0.3, 0.4) is 0 Å². The van der Waals surface area contributed by atoms with E-state index in [4.69, 9.17) is 0 Å². The van der Waals surface area contributed by atoms with Gasteiger partial charge in [0.2, 0.25) is 0 Å². The third-order valence-corrected chi connectivity index (χ3v) is 7.25. The van der Waals surface area contributed by atoms with Gasteiger partial charge in [-0.05, 0) is 29.7 Å². The normalized spacial score (nSPS) is 13.8. The molecule has 0 radical (unpaired) electrons. The number of rotatable bonds is 6. The Morgan fingerprint density at radius 3 is 2.67 bits per heavy atom. The standard InChI is InChI=1S/C25H22N4O3S/c1-15-20-22(30)27-14-28-24(20)33-21(15)23(31)26-11-18(16-7-3-2-4-8-16)13-29-12-17-9-5-6-10-19(17)25(29)32/h2-10,14,18H,11-13H2,1H3,(H,26,31)(H,27,28,30). The van der Waals surface area contributed by atoms with Crippen LogP contribution in [0.15, 0.2) is 65.7 Å². The van der Waals surface area contributed by atoms with Gasteiger partial charge in [-0.3, -0.25) is 14.4 Å². The molecule has 0 spiro atoms. The van der Waals surface area contributed by atoms with Crippen molar-refractivity contribution in [2.45, 2.75) is 19.4 Å². The second kappa shape index (κ2) is 8.63. The Balaban J connectivity index is 1.36. The van der Waals surface area contributed by atoms with Gasteiger partial charge in [0.15, 0.2) is 0 Å². The quantitative estimate of drug-likeness (QED) is 0.463. The highest BCUT2D eigenvalue weighted by molar-refractivity contribution is 7.20. The molecule has 2 N–H and O–H groups in total. The molecular weight excluding hydrogens is 436 g/mol. The number of hydrogen-bond acceptors (Lipinski definition) is 5. The maximum atomic E-state index is 13.0. The summed E-state index contributed by atoms with van der Waals surface area (Å²) in [5.74, 6) is -0.306. The fraction of sp³-hybridized carbons (Fsp3) is 0.200. The minimum atomic E-state index is -0.248. The van der Waals surface area contributed by atoms with Crippen molar-refractivity contribution >= 4 is 33.4 Å². The van der Waals surface area contributed by atoms with Crippen molar-refractivity contribution in [1.82, 2.24) is 20.2 Å². The molecule has 0 aliphatic carbocycles. The number of hydrogen-bond donors (Lipinski definition) is 2. The average molecular weight is 459 g/mol. The van der Waals surface area contributed by atoms with E-state index in [9.17, 15) is 14.4 Å². The molecule has 2 aromatic carbocycles. The van der Waals surface area contributed by atoms with Gasteiger partial charge in [-0.2, -0.15) is 0 Å². The third-order valence-electron chi connectivity index (χ3n) is 6.06. The third kappa shape index (κ3) is 3.93. The van der Waals surface area contributed by atoms with Gasteiger partial charge in [0.05, 0.1) is 16.6 Å². The number of aryl methyl sites for hydroxylation is 1. The fourth-order valence-corrected chi connectivity index (χ4v) is 5.40. The first kappa shape index (κ1) is 21.1. The molecule has 33 heavy (non-hydrogen) atoms. The van der Waals surface area contributed by atoms with E-state index in [1.165, 1.54) is 17.7 Å². The van der Waals surface area contributed by atoms with E-state index in [0.29, 0.717) is 40.3 Å². The van der Waals surface area contributed by atoms with Crippen molar-refractivity contribution in [3.63, 3.8) is 0 Å². The molecule has 0 saturated carbocycles. The van der Waals surface area contributed by atoms with Crippen LogP contribution in [0.5, 0.6) is 0 Å². The molecule has 5 rings (SSSR count). The summed E-state index contributed by atoms with van der Waals surface area (Å²) in [6.45, 7) is 3.18. The minimum Gasteiger partial charge on any atom is -0.351 e. The zero-order chi connectivity index (χ0) is 22.9. The van der Waals surface area contributed by atoms with Gasteiger partial charge in [0, 0.05) is 31.1 Å². The van der Waals surface area contributed by atoms with Crippen molar-refractivity contribution in [2.24, 2.45) is 0 Å². The van der Waals surface area contributed by atoms with Gasteiger partial charge in [-0.1, -0.05) is 48.5 Å². The van der Waals surface area contributed by atoms with E-state index in [-0.39, 0.29) is 23.3 Å². The number of carbonyl (C=O) groups excluding carboxylic acids is 2. The molecule has 2 amide bonds. The van der Waals surface area contributed by atoms with Crippen molar-refractivity contribution in [3.05, 3.63) is 98.4 Å². The molecule has 166 valence electrons. The first-order valence-corrected chi connectivity index (χ1v) is 11.5. The van der Waals surface area contributed by atoms with E-state index in [1.807, 2.05) is 59.5 Å². The lowest BCUT2D eigenvalue weighted by Crippen LogP contribution is -2.35. The first-order chi connectivity index (χ1) is 16.0. The van der Waals surface area contributed by atoms with Gasteiger partial charge >= 0.3 is 0 Å². The van der Waals surface area contributed by atoms with Crippen LogP contribution in [0.25, 0.3) is 10.2 Å². The lowest BCUT2D eigenvalue weighted by molar-refractivity contribution is 0.0767. The Kier molecular flexibility index (Phi) is 5.51. The second-order valence-corrected chi connectivity index (χ2v) is 9.13. The predicted molar refractivity (Wildman–Crippen MR) is 128 cm³/mol. The van der Waals surface area contributed by atoms with Gasteiger partial charge in [0.25, 0.3) is 17.4 Å². The van der Waals surface area contributed by atoms with Crippen LogP contribution in [0.2, 0.25) is 0 Å². The van der Waals surface area contributed by atoms with Crippen LogP contribution < -0.4 is 10.9 Å². The Bertz CT molecular complexity index is 1410. The summed E-state index contributed by atoms with van der Waals surface area (Å²) >= 11 is 1.21. The number of nitrogens with zero attached hydrogens (tertiary/aromatic N) is 2. The average Bonchev–Trinajstić information content (AvgIpc) is 3.34. The summed E-state index contributed by atoms with van der Waals surface area (Å²) < 4.78 is 0.